The van der Waals surface area contributed by atoms with Crippen molar-refractivity contribution in [2.24, 2.45) is 5.41 Å². The maximum Gasteiger partial charge on any atom is 0.317 e. The summed E-state index contributed by atoms with van der Waals surface area (Å²) in [5.41, 5.74) is 0.627. The lowest BCUT2D eigenvalue weighted by molar-refractivity contribution is 0.152. The van der Waals surface area contributed by atoms with Gasteiger partial charge in [-0.05, 0) is 30.9 Å². The molecule has 1 aliphatic carbocycles. The molecule has 2 saturated heterocycles. The number of carbonyl (C=O) groups excluding carboxylic acids is 1. The molecule has 23 heavy (non-hydrogen) atoms. The molecular weight excluding hydrogens is 302 g/mol. The number of amides is 2. The SMILES string of the molecule is O=C(N[C@@H]1C[C@@H]1c1ccc(F)cc1F)N1CC[C@@]2(CCOC2)C1. The number of halogens is 2. The van der Waals surface area contributed by atoms with Gasteiger partial charge in [-0.15, -0.1) is 0 Å². The van der Waals surface area contributed by atoms with E-state index in [1.807, 2.05) is 4.90 Å². The van der Waals surface area contributed by atoms with Gasteiger partial charge in [-0.2, -0.15) is 0 Å². The Morgan fingerprint density at radius 1 is 1.35 bits per heavy atom. The summed E-state index contributed by atoms with van der Waals surface area (Å²) in [7, 11) is 0. The maximum absolute atomic E-state index is 13.8. The van der Waals surface area contributed by atoms with Crippen LogP contribution in [0.4, 0.5) is 13.6 Å². The van der Waals surface area contributed by atoms with E-state index in [-0.39, 0.29) is 23.4 Å². The zero-order valence-electron chi connectivity index (χ0n) is 12.9. The topological polar surface area (TPSA) is 41.6 Å². The van der Waals surface area contributed by atoms with Gasteiger partial charge in [0.25, 0.3) is 0 Å². The number of nitrogens with one attached hydrogen (secondary N) is 1. The van der Waals surface area contributed by atoms with Crippen molar-refractivity contribution >= 4 is 6.03 Å². The fourth-order valence-electron chi connectivity index (χ4n) is 3.83. The predicted octanol–water partition coefficient (Wildman–Crippen LogP) is 2.64. The average molecular weight is 322 g/mol. The third-order valence-electron chi connectivity index (χ3n) is 5.37. The number of ether oxygens (including phenoxy) is 1. The average Bonchev–Trinajstić information content (AvgIpc) is 2.96. The molecule has 3 fully saturated rings. The molecule has 0 unspecified atom stereocenters. The van der Waals surface area contributed by atoms with Gasteiger partial charge in [-0.1, -0.05) is 6.07 Å². The molecule has 1 spiro atoms. The van der Waals surface area contributed by atoms with E-state index < -0.39 is 11.6 Å². The number of hydrogen-bond acceptors (Lipinski definition) is 2. The molecule has 3 aliphatic rings. The van der Waals surface area contributed by atoms with Crippen molar-refractivity contribution in [1.82, 2.24) is 10.2 Å². The van der Waals surface area contributed by atoms with E-state index >= 15 is 0 Å². The summed E-state index contributed by atoms with van der Waals surface area (Å²) in [6.07, 6.45) is 2.71. The molecule has 2 amide bonds. The number of hydrogen-bond donors (Lipinski definition) is 1. The van der Waals surface area contributed by atoms with Crippen molar-refractivity contribution in [1.29, 1.82) is 0 Å². The standard InChI is InChI=1S/C17H20F2N2O2/c18-11-1-2-12(14(19)7-11)13-8-15(13)20-16(22)21-5-3-17(9-21)4-6-23-10-17/h1-2,7,13,15H,3-6,8-10H2,(H,20,22)/t13-,15-,17-/m1/s1. The Kier molecular flexibility index (Phi) is 3.52. The third-order valence-corrected chi connectivity index (χ3v) is 5.37. The zero-order valence-corrected chi connectivity index (χ0v) is 12.9. The van der Waals surface area contributed by atoms with E-state index in [1.54, 1.807) is 0 Å². The minimum atomic E-state index is -0.575. The van der Waals surface area contributed by atoms with Crippen LogP contribution in [0.2, 0.25) is 0 Å². The van der Waals surface area contributed by atoms with Gasteiger partial charge in [0.1, 0.15) is 11.6 Å². The number of carbonyl (C=O) groups is 1. The van der Waals surface area contributed by atoms with E-state index in [0.29, 0.717) is 12.0 Å². The molecule has 3 atom stereocenters. The minimum absolute atomic E-state index is 0.0501. The van der Waals surface area contributed by atoms with Crippen molar-refractivity contribution in [2.45, 2.75) is 31.2 Å². The summed E-state index contributed by atoms with van der Waals surface area (Å²) >= 11 is 0. The van der Waals surface area contributed by atoms with Gasteiger partial charge >= 0.3 is 6.03 Å². The highest BCUT2D eigenvalue weighted by Crippen LogP contribution is 2.43. The number of likely N-dealkylation sites (tertiary alicyclic amines) is 1. The lowest BCUT2D eigenvalue weighted by atomic mass is 9.87. The molecule has 1 aromatic carbocycles. The molecule has 1 N–H and O–H groups in total. The number of rotatable bonds is 2. The van der Waals surface area contributed by atoms with Crippen molar-refractivity contribution in [3.8, 4) is 0 Å². The van der Waals surface area contributed by atoms with Crippen LogP contribution < -0.4 is 5.32 Å². The van der Waals surface area contributed by atoms with E-state index in [2.05, 4.69) is 5.32 Å². The molecular formula is C17H20F2N2O2. The Morgan fingerprint density at radius 3 is 2.96 bits per heavy atom. The second-order valence-corrected chi connectivity index (χ2v) is 7.04. The highest BCUT2D eigenvalue weighted by atomic mass is 19.1. The Bertz CT molecular complexity index is 631. The van der Waals surface area contributed by atoms with Gasteiger partial charge < -0.3 is 15.0 Å². The Hall–Kier alpha value is -1.69. The Morgan fingerprint density at radius 2 is 2.22 bits per heavy atom. The molecule has 1 aromatic rings. The van der Waals surface area contributed by atoms with Crippen LogP contribution in [-0.2, 0) is 4.74 Å². The highest BCUT2D eigenvalue weighted by Gasteiger charge is 2.45. The second kappa shape index (κ2) is 5.44. The lowest BCUT2D eigenvalue weighted by Crippen LogP contribution is -2.41. The summed E-state index contributed by atoms with van der Waals surface area (Å²) in [5, 5.41) is 2.98. The number of nitrogens with zero attached hydrogens (tertiary/aromatic N) is 1. The molecule has 4 rings (SSSR count). The zero-order chi connectivity index (χ0) is 16.0. The molecule has 6 heteroatoms. The predicted molar refractivity (Wildman–Crippen MR) is 80.1 cm³/mol. The first-order chi connectivity index (χ1) is 11.1. The number of benzene rings is 1. The molecule has 1 saturated carbocycles. The van der Waals surface area contributed by atoms with Crippen LogP contribution in [-0.4, -0.2) is 43.3 Å². The van der Waals surface area contributed by atoms with Crippen LogP contribution in [0, 0.1) is 17.0 Å². The van der Waals surface area contributed by atoms with Crippen LogP contribution in [0.1, 0.15) is 30.7 Å². The van der Waals surface area contributed by atoms with E-state index in [9.17, 15) is 13.6 Å². The van der Waals surface area contributed by atoms with Crippen molar-refractivity contribution in [3.63, 3.8) is 0 Å². The quantitative estimate of drug-likeness (QED) is 0.909. The largest absolute Gasteiger partial charge is 0.381 e. The maximum atomic E-state index is 13.8. The Labute approximate surface area is 133 Å². The van der Waals surface area contributed by atoms with Gasteiger partial charge in [0, 0.05) is 43.1 Å². The monoisotopic (exact) mass is 322 g/mol. The van der Waals surface area contributed by atoms with E-state index in [1.165, 1.54) is 12.1 Å². The summed E-state index contributed by atoms with van der Waals surface area (Å²) in [6, 6.07) is 3.50. The van der Waals surface area contributed by atoms with Crippen molar-refractivity contribution in [2.75, 3.05) is 26.3 Å². The van der Waals surface area contributed by atoms with Gasteiger partial charge in [0.05, 0.1) is 6.61 Å². The molecule has 2 aliphatic heterocycles. The summed E-state index contributed by atoms with van der Waals surface area (Å²) in [5.74, 6) is -1.16. The van der Waals surface area contributed by atoms with Crippen molar-refractivity contribution < 1.29 is 18.3 Å². The first-order valence-electron chi connectivity index (χ1n) is 8.14. The molecule has 0 radical (unpaired) electrons. The Balaban J connectivity index is 1.34. The van der Waals surface area contributed by atoms with Crippen LogP contribution in [0.25, 0.3) is 0 Å². The summed E-state index contributed by atoms with van der Waals surface area (Å²) in [6.45, 7) is 3.01. The van der Waals surface area contributed by atoms with Gasteiger partial charge in [-0.25, -0.2) is 13.6 Å². The third kappa shape index (κ3) is 2.80. The van der Waals surface area contributed by atoms with Crippen LogP contribution in [0.5, 0.6) is 0 Å². The molecule has 2 heterocycles. The van der Waals surface area contributed by atoms with Gasteiger partial charge in [-0.3, -0.25) is 0 Å². The first-order valence-corrected chi connectivity index (χ1v) is 8.14. The fraction of sp³-hybridized carbons (Fsp3) is 0.588. The minimum Gasteiger partial charge on any atom is -0.381 e. The van der Waals surface area contributed by atoms with Gasteiger partial charge in [0.2, 0.25) is 0 Å². The van der Waals surface area contributed by atoms with Gasteiger partial charge in [0.15, 0.2) is 0 Å². The van der Waals surface area contributed by atoms with E-state index in [0.717, 1.165) is 45.2 Å². The highest BCUT2D eigenvalue weighted by molar-refractivity contribution is 5.75. The van der Waals surface area contributed by atoms with Crippen LogP contribution in [0.3, 0.4) is 0 Å². The van der Waals surface area contributed by atoms with E-state index in [4.69, 9.17) is 4.74 Å². The first kappa shape index (κ1) is 14.9. The lowest BCUT2D eigenvalue weighted by Gasteiger charge is -2.22. The molecule has 124 valence electrons. The molecule has 4 nitrogen and oxygen atoms in total. The van der Waals surface area contributed by atoms with Crippen LogP contribution in [0.15, 0.2) is 18.2 Å². The smallest absolute Gasteiger partial charge is 0.317 e. The van der Waals surface area contributed by atoms with Crippen LogP contribution >= 0.6 is 0 Å². The fourth-order valence-corrected chi connectivity index (χ4v) is 3.83. The second-order valence-electron chi connectivity index (χ2n) is 7.04. The summed E-state index contributed by atoms with van der Waals surface area (Å²) in [4.78, 5) is 14.2. The van der Waals surface area contributed by atoms with Crippen molar-refractivity contribution in [3.05, 3.63) is 35.4 Å². The molecule has 0 aromatic heterocycles. The number of urea groups is 1. The molecule has 0 bridgehead atoms. The summed E-state index contributed by atoms with van der Waals surface area (Å²) < 4.78 is 32.2. The normalized spacial score (nSPS) is 32.5.